The molecule has 126 valence electrons. The van der Waals surface area contributed by atoms with Crippen molar-refractivity contribution < 1.29 is 10.2 Å². The van der Waals surface area contributed by atoms with Gasteiger partial charge in [0.05, 0.1) is 33.2 Å². The number of H-pyrrole nitrogens is 2. The molecular weight excluding hydrogens is 328 g/mol. The molecule has 0 amide bonds. The molecule has 0 unspecified atom stereocenters. The van der Waals surface area contributed by atoms with Crippen molar-refractivity contribution in [1.82, 2.24) is 19.9 Å². The Morgan fingerprint density at radius 3 is 1.46 bits per heavy atom. The maximum absolute atomic E-state index is 10.5. The van der Waals surface area contributed by atoms with Crippen molar-refractivity contribution in [2.75, 3.05) is 0 Å². The van der Waals surface area contributed by atoms with Crippen LogP contribution in [0, 0.1) is 0 Å². The summed E-state index contributed by atoms with van der Waals surface area (Å²) in [5.41, 5.74) is 4.17. The van der Waals surface area contributed by atoms with E-state index in [1.807, 2.05) is 48.5 Å². The van der Waals surface area contributed by atoms with Gasteiger partial charge in [-0.15, -0.1) is 0 Å². The summed E-state index contributed by atoms with van der Waals surface area (Å²) in [5, 5.41) is 21.0. The molecule has 0 spiro atoms. The molecule has 5 aromatic rings. The van der Waals surface area contributed by atoms with Crippen molar-refractivity contribution in [2.24, 2.45) is 0 Å². The minimum absolute atomic E-state index is 0.0114. The standard InChI is InChI=1S/C20H14N4O2/c25-17-10-12(20-23-15-7-3-4-8-16(15)24-20)18(26)9-11(17)19-21-13-5-1-2-6-14(13)22-19/h1-10,25-26H,(H,21,22)(H,23,24). The van der Waals surface area contributed by atoms with Gasteiger partial charge in [-0.25, -0.2) is 9.97 Å². The number of aromatic hydroxyl groups is 2. The number of nitrogens with zero attached hydrogens (tertiary/aromatic N) is 2. The average molecular weight is 342 g/mol. The highest BCUT2D eigenvalue weighted by Gasteiger charge is 2.17. The van der Waals surface area contributed by atoms with Crippen LogP contribution < -0.4 is 0 Å². The van der Waals surface area contributed by atoms with Gasteiger partial charge in [0.2, 0.25) is 0 Å². The van der Waals surface area contributed by atoms with Gasteiger partial charge >= 0.3 is 0 Å². The average Bonchev–Trinajstić information content (AvgIpc) is 3.26. The normalized spacial score (nSPS) is 11.4. The molecule has 4 N–H and O–H groups in total. The zero-order chi connectivity index (χ0) is 17.7. The van der Waals surface area contributed by atoms with Crippen molar-refractivity contribution in [3.05, 3.63) is 60.7 Å². The lowest BCUT2D eigenvalue weighted by Gasteiger charge is -2.07. The zero-order valence-corrected chi connectivity index (χ0v) is 13.6. The van der Waals surface area contributed by atoms with E-state index in [9.17, 15) is 10.2 Å². The summed E-state index contributed by atoms with van der Waals surface area (Å²) in [7, 11) is 0. The summed E-state index contributed by atoms with van der Waals surface area (Å²) in [6.07, 6.45) is 0. The smallest absolute Gasteiger partial charge is 0.142 e. The third kappa shape index (κ3) is 2.20. The number of phenolic OH excluding ortho intramolecular Hbond substituents is 2. The molecule has 0 saturated heterocycles. The minimum atomic E-state index is 0.0114. The van der Waals surface area contributed by atoms with E-state index in [2.05, 4.69) is 19.9 Å². The van der Waals surface area contributed by atoms with Crippen molar-refractivity contribution in [2.45, 2.75) is 0 Å². The Hall–Kier alpha value is -3.80. The number of hydrogen-bond donors (Lipinski definition) is 4. The minimum Gasteiger partial charge on any atom is -0.507 e. The Balaban J connectivity index is 1.64. The molecule has 6 nitrogen and oxygen atoms in total. The summed E-state index contributed by atoms with van der Waals surface area (Å²) in [6, 6.07) is 18.2. The Morgan fingerprint density at radius 2 is 1.04 bits per heavy atom. The second-order valence-electron chi connectivity index (χ2n) is 6.09. The molecule has 0 aliphatic carbocycles. The van der Waals surface area contributed by atoms with Gasteiger partial charge in [-0.3, -0.25) is 0 Å². The second-order valence-corrected chi connectivity index (χ2v) is 6.09. The highest BCUT2D eigenvalue weighted by atomic mass is 16.3. The van der Waals surface area contributed by atoms with Crippen LogP contribution in [0.4, 0.5) is 0 Å². The van der Waals surface area contributed by atoms with E-state index in [1.54, 1.807) is 0 Å². The van der Waals surface area contributed by atoms with Gasteiger partial charge in [-0.05, 0) is 36.4 Å². The Bertz CT molecular complexity index is 1100. The summed E-state index contributed by atoms with van der Waals surface area (Å²) < 4.78 is 0. The molecule has 5 rings (SSSR count). The zero-order valence-electron chi connectivity index (χ0n) is 13.6. The number of nitrogens with one attached hydrogen (secondary N) is 2. The lowest BCUT2D eigenvalue weighted by atomic mass is 10.1. The molecule has 3 aromatic carbocycles. The Kier molecular flexibility index (Phi) is 2.99. The quantitative estimate of drug-likeness (QED) is 0.362. The topological polar surface area (TPSA) is 97.8 Å². The van der Waals surface area contributed by atoms with Crippen LogP contribution in [0.5, 0.6) is 11.5 Å². The molecule has 0 radical (unpaired) electrons. The van der Waals surface area contributed by atoms with E-state index < -0.39 is 0 Å². The van der Waals surface area contributed by atoms with Crippen LogP contribution >= 0.6 is 0 Å². The number of phenols is 2. The molecule has 6 heteroatoms. The van der Waals surface area contributed by atoms with E-state index in [0.717, 1.165) is 22.1 Å². The SMILES string of the molecule is Oc1cc(-c2nc3ccccc3[nH]2)c(O)cc1-c1nc2ccccc2[nH]1. The fraction of sp³-hybridized carbons (Fsp3) is 0. The van der Waals surface area contributed by atoms with Crippen LogP contribution in [0.3, 0.4) is 0 Å². The monoisotopic (exact) mass is 342 g/mol. The van der Waals surface area contributed by atoms with Crippen LogP contribution in [-0.4, -0.2) is 30.1 Å². The molecular formula is C20H14N4O2. The third-order valence-corrected chi connectivity index (χ3v) is 4.40. The Morgan fingerprint density at radius 1 is 0.615 bits per heavy atom. The molecule has 0 fully saturated rings. The largest absolute Gasteiger partial charge is 0.507 e. The van der Waals surface area contributed by atoms with E-state index in [0.29, 0.717) is 22.8 Å². The highest BCUT2D eigenvalue weighted by Crippen LogP contribution is 2.38. The van der Waals surface area contributed by atoms with E-state index >= 15 is 0 Å². The molecule has 2 heterocycles. The van der Waals surface area contributed by atoms with Gasteiger partial charge in [-0.2, -0.15) is 0 Å². The number of rotatable bonds is 2. The first kappa shape index (κ1) is 14.5. The van der Waals surface area contributed by atoms with Gasteiger partial charge in [-0.1, -0.05) is 24.3 Å². The number of aromatic nitrogens is 4. The van der Waals surface area contributed by atoms with Crippen molar-refractivity contribution in [3.63, 3.8) is 0 Å². The van der Waals surface area contributed by atoms with Crippen LogP contribution in [0.1, 0.15) is 0 Å². The van der Waals surface area contributed by atoms with Crippen molar-refractivity contribution in [3.8, 4) is 34.3 Å². The second kappa shape index (κ2) is 5.35. The predicted molar refractivity (Wildman–Crippen MR) is 99.9 cm³/mol. The molecule has 0 bridgehead atoms. The number of para-hydroxylation sites is 4. The van der Waals surface area contributed by atoms with Crippen LogP contribution in [-0.2, 0) is 0 Å². The van der Waals surface area contributed by atoms with Gasteiger partial charge in [0.1, 0.15) is 23.1 Å². The molecule has 2 aromatic heterocycles. The van der Waals surface area contributed by atoms with E-state index in [4.69, 9.17) is 0 Å². The van der Waals surface area contributed by atoms with E-state index in [1.165, 1.54) is 12.1 Å². The maximum atomic E-state index is 10.5. The summed E-state index contributed by atoms with van der Waals surface area (Å²) >= 11 is 0. The Labute approximate surface area is 147 Å². The summed E-state index contributed by atoms with van der Waals surface area (Å²) in [5.74, 6) is 1.01. The fourth-order valence-electron chi connectivity index (χ4n) is 3.12. The third-order valence-electron chi connectivity index (χ3n) is 4.40. The van der Waals surface area contributed by atoms with Gasteiger partial charge < -0.3 is 20.2 Å². The maximum Gasteiger partial charge on any atom is 0.142 e. The van der Waals surface area contributed by atoms with Gasteiger partial charge in [0.15, 0.2) is 0 Å². The van der Waals surface area contributed by atoms with Crippen LogP contribution in [0.25, 0.3) is 44.8 Å². The summed E-state index contributed by atoms with van der Waals surface area (Å²) in [6.45, 7) is 0. The van der Waals surface area contributed by atoms with Gasteiger partial charge in [0, 0.05) is 0 Å². The first-order valence-corrected chi connectivity index (χ1v) is 8.15. The molecule has 26 heavy (non-hydrogen) atoms. The number of benzene rings is 3. The van der Waals surface area contributed by atoms with Crippen LogP contribution in [0.2, 0.25) is 0 Å². The van der Waals surface area contributed by atoms with Crippen LogP contribution in [0.15, 0.2) is 60.7 Å². The first-order chi connectivity index (χ1) is 12.7. The first-order valence-electron chi connectivity index (χ1n) is 8.15. The predicted octanol–water partition coefficient (Wildman–Crippen LogP) is 4.18. The summed E-state index contributed by atoms with van der Waals surface area (Å²) in [4.78, 5) is 15.3. The molecule has 0 atom stereocenters. The number of aromatic amines is 2. The number of fused-ring (bicyclic) bond motifs is 2. The lowest BCUT2D eigenvalue weighted by molar-refractivity contribution is 0.463. The molecule has 0 saturated carbocycles. The van der Waals surface area contributed by atoms with Crippen molar-refractivity contribution >= 4 is 22.1 Å². The number of hydrogen-bond acceptors (Lipinski definition) is 4. The molecule has 0 aliphatic heterocycles. The van der Waals surface area contributed by atoms with Crippen molar-refractivity contribution in [1.29, 1.82) is 0 Å². The lowest BCUT2D eigenvalue weighted by Crippen LogP contribution is -1.87. The van der Waals surface area contributed by atoms with Gasteiger partial charge in [0.25, 0.3) is 0 Å². The highest BCUT2D eigenvalue weighted by molar-refractivity contribution is 5.85. The fourth-order valence-corrected chi connectivity index (χ4v) is 3.12. The molecule has 0 aliphatic rings. The van der Waals surface area contributed by atoms with E-state index in [-0.39, 0.29) is 11.5 Å². The number of imidazole rings is 2.